The summed E-state index contributed by atoms with van der Waals surface area (Å²) < 4.78 is 48.3. The van der Waals surface area contributed by atoms with Gasteiger partial charge in [0.1, 0.15) is 12.6 Å². The van der Waals surface area contributed by atoms with Crippen LogP contribution in [-0.2, 0) is 16.7 Å². The molecule has 1 amide bonds. The zero-order valence-electron chi connectivity index (χ0n) is 15.1. The minimum atomic E-state index is -4.78. The molecular formula is C20H18Cl2F3NO3. The maximum Gasteiger partial charge on any atom is 0.410 e. The average molecular weight is 448 g/mol. The first kappa shape index (κ1) is 21.7. The Balaban J connectivity index is 2.14. The fourth-order valence-electron chi connectivity index (χ4n) is 3.78. The van der Waals surface area contributed by atoms with Crippen molar-refractivity contribution in [3.63, 3.8) is 0 Å². The molecule has 2 unspecified atom stereocenters. The molecule has 1 N–H and O–H groups in total. The van der Waals surface area contributed by atoms with Gasteiger partial charge in [-0.05, 0) is 29.7 Å². The van der Waals surface area contributed by atoms with Crippen molar-refractivity contribution in [3.8, 4) is 0 Å². The van der Waals surface area contributed by atoms with Gasteiger partial charge in [-0.25, -0.2) is 4.79 Å². The van der Waals surface area contributed by atoms with E-state index in [1.807, 2.05) is 0 Å². The lowest BCUT2D eigenvalue weighted by Gasteiger charge is -2.49. The number of carbonyl (C=O) groups is 1. The van der Waals surface area contributed by atoms with Crippen molar-refractivity contribution in [1.29, 1.82) is 0 Å². The van der Waals surface area contributed by atoms with Crippen molar-refractivity contribution in [2.45, 2.75) is 30.6 Å². The summed E-state index contributed by atoms with van der Waals surface area (Å²) in [7, 11) is 0. The van der Waals surface area contributed by atoms with Crippen molar-refractivity contribution < 1.29 is 27.8 Å². The molecule has 0 aliphatic carbocycles. The van der Waals surface area contributed by atoms with Gasteiger partial charge in [-0.2, -0.15) is 13.2 Å². The van der Waals surface area contributed by atoms with Gasteiger partial charge in [0, 0.05) is 13.2 Å². The van der Waals surface area contributed by atoms with E-state index in [-0.39, 0.29) is 28.6 Å². The van der Waals surface area contributed by atoms with Crippen molar-refractivity contribution in [2.75, 3.05) is 13.2 Å². The molecule has 0 aromatic heterocycles. The summed E-state index contributed by atoms with van der Waals surface area (Å²) in [6.45, 7) is -1.37. The first-order chi connectivity index (χ1) is 13.7. The van der Waals surface area contributed by atoms with E-state index in [0.29, 0.717) is 10.5 Å². The lowest BCUT2D eigenvalue weighted by molar-refractivity contribution is -0.217. The fourth-order valence-corrected chi connectivity index (χ4v) is 4.08. The molecule has 4 nitrogen and oxygen atoms in total. The van der Waals surface area contributed by atoms with Crippen LogP contribution < -0.4 is 0 Å². The molecule has 2 atom stereocenters. The SMILES string of the molecule is O=C1OCC(CCO)(c2ccc(Cl)c(Cl)c2)C(C(F)(F)F)N1Cc1ccccc1. The number of hydrogen-bond acceptors (Lipinski definition) is 3. The lowest BCUT2D eigenvalue weighted by Crippen LogP contribution is -2.65. The number of halogens is 5. The molecule has 0 saturated carbocycles. The van der Waals surface area contributed by atoms with E-state index in [9.17, 15) is 23.1 Å². The Morgan fingerprint density at radius 3 is 2.41 bits per heavy atom. The molecule has 1 aliphatic heterocycles. The Bertz CT molecular complexity index is 879. The minimum absolute atomic E-state index is 0.0777. The van der Waals surface area contributed by atoms with Crippen LogP contribution in [0.4, 0.5) is 18.0 Å². The Kier molecular flexibility index (Phi) is 6.31. The number of rotatable bonds is 5. The smallest absolute Gasteiger partial charge is 0.410 e. The van der Waals surface area contributed by atoms with E-state index in [1.165, 1.54) is 18.2 Å². The number of carbonyl (C=O) groups excluding carboxylic acids is 1. The van der Waals surface area contributed by atoms with Crippen LogP contribution in [0.2, 0.25) is 10.0 Å². The van der Waals surface area contributed by atoms with Gasteiger partial charge >= 0.3 is 12.3 Å². The van der Waals surface area contributed by atoms with Crippen molar-refractivity contribution in [2.24, 2.45) is 0 Å². The largest absolute Gasteiger partial charge is 0.448 e. The molecule has 0 bridgehead atoms. The Morgan fingerprint density at radius 2 is 1.83 bits per heavy atom. The van der Waals surface area contributed by atoms with Gasteiger partial charge in [-0.1, -0.05) is 59.6 Å². The van der Waals surface area contributed by atoms with Crippen molar-refractivity contribution in [3.05, 3.63) is 69.7 Å². The molecule has 2 aromatic carbocycles. The fraction of sp³-hybridized carbons (Fsp3) is 0.350. The molecule has 3 rings (SSSR count). The van der Waals surface area contributed by atoms with E-state index in [0.717, 1.165) is 0 Å². The number of hydrogen-bond donors (Lipinski definition) is 1. The third kappa shape index (κ3) is 4.32. The highest BCUT2D eigenvalue weighted by Gasteiger charge is 2.61. The minimum Gasteiger partial charge on any atom is -0.448 e. The lowest BCUT2D eigenvalue weighted by atomic mass is 9.70. The molecule has 1 aliphatic rings. The summed E-state index contributed by atoms with van der Waals surface area (Å²) in [5, 5.41) is 9.87. The first-order valence-corrected chi connectivity index (χ1v) is 9.55. The van der Waals surface area contributed by atoms with Crippen LogP contribution in [0.25, 0.3) is 0 Å². The number of cyclic esters (lactones) is 1. The number of benzene rings is 2. The van der Waals surface area contributed by atoms with Gasteiger partial charge in [0.2, 0.25) is 0 Å². The molecule has 1 heterocycles. The van der Waals surface area contributed by atoms with E-state index in [1.54, 1.807) is 30.3 Å². The molecule has 1 saturated heterocycles. The summed E-state index contributed by atoms with van der Waals surface area (Å²) >= 11 is 12.0. The van der Waals surface area contributed by atoms with Crippen LogP contribution in [0, 0.1) is 0 Å². The number of ether oxygens (including phenoxy) is 1. The maximum atomic E-state index is 14.4. The third-order valence-electron chi connectivity index (χ3n) is 5.08. The summed E-state index contributed by atoms with van der Waals surface area (Å²) in [4.78, 5) is 13.1. The number of nitrogens with zero attached hydrogens (tertiary/aromatic N) is 1. The molecule has 29 heavy (non-hydrogen) atoms. The van der Waals surface area contributed by atoms with E-state index in [4.69, 9.17) is 27.9 Å². The van der Waals surface area contributed by atoms with Crippen LogP contribution in [0.1, 0.15) is 17.5 Å². The van der Waals surface area contributed by atoms with Crippen LogP contribution in [-0.4, -0.2) is 41.5 Å². The van der Waals surface area contributed by atoms with Crippen LogP contribution in [0.15, 0.2) is 48.5 Å². The first-order valence-electron chi connectivity index (χ1n) is 8.79. The van der Waals surface area contributed by atoms with E-state index in [2.05, 4.69) is 0 Å². The van der Waals surface area contributed by atoms with E-state index >= 15 is 0 Å². The van der Waals surface area contributed by atoms with Crippen molar-refractivity contribution in [1.82, 2.24) is 4.90 Å². The topological polar surface area (TPSA) is 49.8 Å². The Morgan fingerprint density at radius 1 is 1.14 bits per heavy atom. The second-order valence-corrected chi connectivity index (χ2v) is 7.69. The molecule has 156 valence electrons. The van der Waals surface area contributed by atoms with Crippen LogP contribution in [0.3, 0.4) is 0 Å². The third-order valence-corrected chi connectivity index (χ3v) is 5.82. The summed E-state index contributed by atoms with van der Waals surface area (Å²) in [6.07, 6.45) is -6.13. The average Bonchev–Trinajstić information content (AvgIpc) is 2.66. The van der Waals surface area contributed by atoms with Crippen LogP contribution in [0.5, 0.6) is 0 Å². The van der Waals surface area contributed by atoms with Crippen LogP contribution >= 0.6 is 23.2 Å². The number of alkyl halides is 3. The highest BCUT2D eigenvalue weighted by atomic mass is 35.5. The number of amides is 1. The van der Waals surface area contributed by atoms with Gasteiger partial charge in [0.25, 0.3) is 0 Å². The molecule has 0 radical (unpaired) electrons. The summed E-state index contributed by atoms with van der Waals surface area (Å²) in [5.74, 6) is 0. The van der Waals surface area contributed by atoms with Gasteiger partial charge in [-0.15, -0.1) is 0 Å². The Hall–Kier alpha value is -1.96. The number of aliphatic hydroxyl groups excluding tert-OH is 1. The van der Waals surface area contributed by atoms with Gasteiger partial charge in [0.15, 0.2) is 0 Å². The van der Waals surface area contributed by atoms with Gasteiger partial charge < -0.3 is 9.84 Å². The molecular weight excluding hydrogens is 430 g/mol. The van der Waals surface area contributed by atoms with E-state index < -0.39 is 36.9 Å². The quantitative estimate of drug-likeness (QED) is 0.685. The molecule has 1 fully saturated rings. The maximum absolute atomic E-state index is 14.4. The monoisotopic (exact) mass is 447 g/mol. The van der Waals surface area contributed by atoms with Crippen molar-refractivity contribution >= 4 is 29.3 Å². The highest BCUT2D eigenvalue weighted by molar-refractivity contribution is 6.42. The predicted octanol–water partition coefficient (Wildman–Crippen LogP) is 5.20. The normalized spacial score (nSPS) is 22.5. The highest BCUT2D eigenvalue weighted by Crippen LogP contribution is 2.47. The second kappa shape index (κ2) is 8.42. The molecule has 9 heteroatoms. The predicted molar refractivity (Wildman–Crippen MR) is 103 cm³/mol. The molecule has 0 spiro atoms. The summed E-state index contributed by atoms with van der Waals surface area (Å²) in [6, 6.07) is 10.3. The molecule has 2 aromatic rings. The Labute approximate surface area is 175 Å². The van der Waals surface area contributed by atoms with Gasteiger partial charge in [-0.3, -0.25) is 4.90 Å². The zero-order chi connectivity index (χ0) is 21.2. The second-order valence-electron chi connectivity index (χ2n) is 6.87. The van der Waals surface area contributed by atoms with Gasteiger partial charge in [0.05, 0.1) is 15.5 Å². The zero-order valence-corrected chi connectivity index (χ0v) is 16.6. The number of aliphatic hydroxyl groups is 1. The standard InChI is InChI=1S/C20H18Cl2F3NO3/c21-15-7-6-14(10-16(15)22)19(8-9-27)12-29-18(28)26(17(19)20(23,24)25)11-13-4-2-1-3-5-13/h1-7,10,17,27H,8-9,11-12H2. The summed E-state index contributed by atoms with van der Waals surface area (Å²) in [5.41, 5.74) is -1.04.